The van der Waals surface area contributed by atoms with Gasteiger partial charge >= 0.3 is 18.2 Å². The third kappa shape index (κ3) is 14.8. The number of aromatic nitrogens is 6. The molecule has 6 aliphatic heterocycles. The fourth-order valence-electron chi connectivity index (χ4n) is 16.6. The molecular formula is C75H94N16O9. The van der Waals surface area contributed by atoms with Crippen LogP contribution in [0.25, 0.3) is 43.6 Å². The molecular weight excluding hydrogens is 1270 g/mol. The van der Waals surface area contributed by atoms with Gasteiger partial charge in [-0.05, 0) is 187 Å². The minimum atomic E-state index is -1.07. The van der Waals surface area contributed by atoms with Crippen LogP contribution in [0, 0.1) is 13.8 Å². The molecule has 2 unspecified atom stereocenters. The van der Waals surface area contributed by atoms with Crippen molar-refractivity contribution < 1.29 is 33.4 Å². The minimum Gasteiger partial charge on any atom is -0.412 e. The number of rotatable bonds is 16. The molecule has 0 bridgehead atoms. The summed E-state index contributed by atoms with van der Waals surface area (Å²) in [5, 5.41) is 24.4. The van der Waals surface area contributed by atoms with E-state index in [9.17, 15) is 33.6 Å². The van der Waals surface area contributed by atoms with Gasteiger partial charge in [-0.2, -0.15) is 10.2 Å². The number of urea groups is 2. The Balaban J connectivity index is 0.602. The van der Waals surface area contributed by atoms with Crippen molar-refractivity contribution >= 4 is 73.6 Å². The lowest BCUT2D eigenvalue weighted by atomic mass is 9.89. The van der Waals surface area contributed by atoms with Crippen LogP contribution in [-0.4, -0.2) is 242 Å². The number of amides is 6. The number of H-pyrrole nitrogens is 2. The Morgan fingerprint density at radius 1 is 0.470 bits per heavy atom. The van der Waals surface area contributed by atoms with Gasteiger partial charge in [-0.1, -0.05) is 48.5 Å². The van der Waals surface area contributed by atoms with Gasteiger partial charge in [0.15, 0.2) is 13.5 Å². The van der Waals surface area contributed by atoms with Crippen LogP contribution in [0.2, 0.25) is 0 Å². The van der Waals surface area contributed by atoms with E-state index in [1.165, 1.54) is 9.13 Å². The van der Waals surface area contributed by atoms with Crippen molar-refractivity contribution in [3.05, 3.63) is 151 Å². The molecule has 4 N–H and O–H groups in total. The monoisotopic (exact) mass is 1360 g/mol. The molecule has 4 aromatic heterocycles. The first-order valence-electron chi connectivity index (χ1n) is 36.0. The average molecular weight is 1360 g/mol. The highest BCUT2D eigenvalue weighted by atomic mass is 16.7. The van der Waals surface area contributed by atoms with E-state index in [0.29, 0.717) is 125 Å². The molecule has 0 spiro atoms. The normalized spacial score (nSPS) is 19.4. The topological polar surface area (TPSA) is 255 Å². The minimum absolute atomic E-state index is 0.0985. The van der Waals surface area contributed by atoms with Gasteiger partial charge < -0.3 is 49.5 Å². The van der Waals surface area contributed by atoms with Crippen molar-refractivity contribution in [3.8, 4) is 0 Å². The van der Waals surface area contributed by atoms with E-state index in [-0.39, 0.29) is 46.8 Å². The zero-order valence-corrected chi connectivity index (χ0v) is 58.0. The van der Waals surface area contributed by atoms with Crippen LogP contribution in [0.15, 0.2) is 107 Å². The summed E-state index contributed by atoms with van der Waals surface area (Å²) in [7, 11) is 4.33. The number of aromatic amines is 2. The van der Waals surface area contributed by atoms with Crippen LogP contribution in [0.1, 0.15) is 96.6 Å². The highest BCUT2D eigenvalue weighted by Crippen LogP contribution is 2.32. The van der Waals surface area contributed by atoms with Gasteiger partial charge in [-0.25, -0.2) is 14.4 Å². The molecule has 14 rings (SSSR count). The molecule has 25 nitrogen and oxygen atoms in total. The molecule has 528 valence electrons. The Labute approximate surface area is 581 Å². The second kappa shape index (κ2) is 30.0. The Morgan fingerprint density at radius 2 is 0.850 bits per heavy atom. The molecule has 6 aliphatic rings. The van der Waals surface area contributed by atoms with Crippen LogP contribution in [-0.2, 0) is 45.4 Å². The summed E-state index contributed by atoms with van der Waals surface area (Å²) in [5.41, 5.74) is 7.24. The van der Waals surface area contributed by atoms with E-state index in [0.717, 1.165) is 133 Å². The highest BCUT2D eigenvalue weighted by Gasteiger charge is 2.37. The molecule has 25 heteroatoms. The zero-order chi connectivity index (χ0) is 69.1. The van der Waals surface area contributed by atoms with Crippen molar-refractivity contribution in [2.45, 2.75) is 128 Å². The molecule has 0 radical (unpaired) electrons. The summed E-state index contributed by atoms with van der Waals surface area (Å²) in [6.07, 6.45) is 9.52. The Bertz CT molecular complexity index is 4140. The molecule has 4 aromatic carbocycles. The van der Waals surface area contributed by atoms with Crippen molar-refractivity contribution in [2.24, 2.45) is 0 Å². The maximum absolute atomic E-state index is 14.7. The molecule has 6 amide bonds. The smallest absolute Gasteiger partial charge is 0.412 e. The molecule has 10 heterocycles. The standard InChI is InChI=1S/C75H94N16O9/c1-49-37-51(39-57-45-76-80-67(49)57)41-63(71(94)86-33-29-84(30-34-86)59-17-21-82(3)22-18-59)78-73(96)88-25-13-53(14-26-88)61-43-55-9-5-7-11-65(55)90(69(61)92)47-99-75(98)100-48-91-66-12-8-6-10-56(66)44-62(70(91)93)54-15-27-89(28-16-54)74(97)79-64(42-52-38-50(2)68-58(40-52)46-77-81-68)72(95)87-35-31-85(32-36-87)60-19-23-83(4)24-20-60/h5-12,37-40,43-46,53-54,59-60,63-64H,13-36,41-42,47-48H2,1-4H3,(H,76,80)(H,77,81)(H,78,96)(H,79,97). The lowest BCUT2D eigenvalue weighted by Crippen LogP contribution is -2.59. The van der Waals surface area contributed by atoms with Crippen molar-refractivity contribution in [2.75, 3.05) is 119 Å². The quantitative estimate of drug-likeness (QED) is 0.0716. The highest BCUT2D eigenvalue weighted by molar-refractivity contribution is 5.90. The van der Waals surface area contributed by atoms with Gasteiger partial charge in [0.2, 0.25) is 11.8 Å². The third-order valence-electron chi connectivity index (χ3n) is 22.5. The lowest BCUT2D eigenvalue weighted by Gasteiger charge is -2.43. The number of hydrogen-bond acceptors (Lipinski definition) is 15. The Hall–Kier alpha value is -9.17. The summed E-state index contributed by atoms with van der Waals surface area (Å²) in [6, 6.07) is 25.5. The van der Waals surface area contributed by atoms with Crippen LogP contribution >= 0.6 is 0 Å². The fraction of sp³-hybridized carbons (Fsp3) is 0.507. The first-order valence-corrected chi connectivity index (χ1v) is 36.0. The van der Waals surface area contributed by atoms with Gasteiger partial charge in [0, 0.05) is 125 Å². The first-order chi connectivity index (χ1) is 48.5. The predicted molar refractivity (Wildman–Crippen MR) is 382 cm³/mol. The number of pyridine rings is 2. The van der Waals surface area contributed by atoms with Crippen LogP contribution in [0.3, 0.4) is 0 Å². The van der Waals surface area contributed by atoms with Crippen molar-refractivity contribution in [3.63, 3.8) is 0 Å². The van der Waals surface area contributed by atoms with E-state index < -0.39 is 31.7 Å². The van der Waals surface area contributed by atoms with Crippen LogP contribution < -0.4 is 21.8 Å². The second-order valence-electron chi connectivity index (χ2n) is 28.8. The lowest BCUT2D eigenvalue weighted by molar-refractivity contribution is -0.136. The number of aryl methyl sites for hydroxylation is 2. The number of fused-ring (bicyclic) bond motifs is 4. The van der Waals surface area contributed by atoms with Gasteiger partial charge in [0.1, 0.15) is 12.1 Å². The predicted octanol–water partition coefficient (Wildman–Crippen LogP) is 6.93. The molecule has 6 fully saturated rings. The Morgan fingerprint density at radius 3 is 1.24 bits per heavy atom. The molecule has 6 saturated heterocycles. The van der Waals surface area contributed by atoms with Crippen LogP contribution in [0.5, 0.6) is 0 Å². The number of carbonyl (C=O) groups excluding carboxylic acids is 5. The first kappa shape index (κ1) is 68.0. The van der Waals surface area contributed by atoms with E-state index in [1.54, 1.807) is 34.3 Å². The molecule has 0 aliphatic carbocycles. The third-order valence-corrected chi connectivity index (χ3v) is 22.5. The largest absolute Gasteiger partial charge is 0.511 e. The summed E-state index contributed by atoms with van der Waals surface area (Å²) < 4.78 is 14.3. The SMILES string of the molecule is Cc1cc(CC(NC(=O)N2CCC(c3cc4ccccc4n(COC(=O)OCn4c(=O)c(C5CCN(C(=O)NC(Cc6cc(C)c7[nH]ncc7c6)C(=O)N6CCN(C7CCN(C)CC7)CC6)CC5)cc5ccccc54)c3=O)CC2)C(=O)N2CCN(C3CCN(C)CC3)CC2)cc2cn[nH]c12. The number of nitrogens with zero attached hydrogens (tertiary/aromatic N) is 12. The van der Waals surface area contributed by atoms with Gasteiger partial charge in [0.05, 0.1) is 34.5 Å². The van der Waals surface area contributed by atoms with Gasteiger partial charge in [-0.15, -0.1) is 0 Å². The maximum atomic E-state index is 14.7. The van der Waals surface area contributed by atoms with Crippen molar-refractivity contribution in [1.29, 1.82) is 0 Å². The van der Waals surface area contributed by atoms with Gasteiger partial charge in [0.25, 0.3) is 11.1 Å². The van der Waals surface area contributed by atoms with Crippen LogP contribution in [0.4, 0.5) is 14.4 Å². The Kier molecular flexibility index (Phi) is 20.4. The second-order valence-corrected chi connectivity index (χ2v) is 28.8. The molecule has 8 aromatic rings. The van der Waals surface area contributed by atoms with E-state index in [1.807, 2.05) is 84.3 Å². The summed E-state index contributed by atoms with van der Waals surface area (Å²) in [5.74, 6) is -0.647. The average Bonchev–Trinajstić information content (AvgIpc) is 1.00. The van der Waals surface area contributed by atoms with E-state index in [4.69, 9.17) is 9.47 Å². The number of nitrogens with one attached hydrogen (secondary N) is 4. The van der Waals surface area contributed by atoms with E-state index in [2.05, 4.69) is 76.9 Å². The number of carbonyl (C=O) groups is 5. The maximum Gasteiger partial charge on any atom is 0.511 e. The number of benzene rings is 4. The number of ether oxygens (including phenoxy) is 2. The molecule has 100 heavy (non-hydrogen) atoms. The number of hydrogen-bond donors (Lipinski definition) is 4. The number of para-hydroxylation sites is 2. The number of likely N-dealkylation sites (tertiary alicyclic amines) is 4. The van der Waals surface area contributed by atoms with Crippen molar-refractivity contribution in [1.82, 2.24) is 79.4 Å². The van der Waals surface area contributed by atoms with E-state index >= 15 is 0 Å². The fourth-order valence-corrected chi connectivity index (χ4v) is 16.6. The summed E-state index contributed by atoms with van der Waals surface area (Å²) in [6.45, 7) is 14.3. The molecule has 0 saturated carbocycles. The van der Waals surface area contributed by atoms with Gasteiger partial charge in [-0.3, -0.25) is 48.3 Å². The summed E-state index contributed by atoms with van der Waals surface area (Å²) >= 11 is 0. The number of piperazine rings is 2. The summed E-state index contributed by atoms with van der Waals surface area (Å²) in [4.78, 5) is 118. The number of piperidine rings is 4. The molecule has 2 atom stereocenters. The zero-order valence-electron chi connectivity index (χ0n) is 58.0.